The number of aromatic nitrogens is 4. The number of rotatable bonds is 4. The summed E-state index contributed by atoms with van der Waals surface area (Å²) in [6, 6.07) is 6.08. The van der Waals surface area contributed by atoms with Crippen molar-refractivity contribution in [3.8, 4) is 5.82 Å². The number of aliphatic hydroxyl groups is 1. The first kappa shape index (κ1) is 21.2. The number of hydrogen-bond acceptors (Lipinski definition) is 7. The zero-order valence-corrected chi connectivity index (χ0v) is 18.5. The van der Waals surface area contributed by atoms with Gasteiger partial charge >= 0.3 is 0 Å². The van der Waals surface area contributed by atoms with Crippen molar-refractivity contribution in [3.63, 3.8) is 0 Å². The minimum absolute atomic E-state index is 0.0222. The largest absolute Gasteiger partial charge is 0.394 e. The Balaban J connectivity index is 1.54. The van der Waals surface area contributed by atoms with Gasteiger partial charge in [0.15, 0.2) is 5.82 Å². The maximum absolute atomic E-state index is 14.7. The Morgan fingerprint density at radius 3 is 2.88 bits per heavy atom. The topological polar surface area (TPSA) is 88.3 Å². The number of nitrogens with one attached hydrogen (secondary N) is 1. The van der Waals surface area contributed by atoms with Crippen LogP contribution in [0.3, 0.4) is 0 Å². The number of morpholine rings is 1. The van der Waals surface area contributed by atoms with Crippen molar-refractivity contribution in [3.05, 3.63) is 41.3 Å². The number of halogens is 1. The predicted octanol–water partition coefficient (Wildman–Crippen LogP) is 2.04. The number of benzene rings is 1. The number of hydrogen-bond donors (Lipinski definition) is 2. The molecule has 0 spiro atoms. The van der Waals surface area contributed by atoms with Gasteiger partial charge in [-0.15, -0.1) is 0 Å². The highest BCUT2D eigenvalue weighted by molar-refractivity contribution is 5.82. The molecule has 2 fully saturated rings. The molecule has 0 bridgehead atoms. The standard InChI is InChI=1S/C23H29FN6O2/c1-14-7-16-10-26-30(21(16)8-19(14)18-3-4-25-11-20(18)24)23-9-22(27-15(2)28-23)29-5-6-32-17(12-29)13-31/h7-10,17-18,20,25,31H,3-6,11-13H2,1-2H3/t17-,18-,20-/m1/s1. The van der Waals surface area contributed by atoms with Crippen molar-refractivity contribution in [1.29, 1.82) is 0 Å². The molecule has 0 aliphatic carbocycles. The van der Waals surface area contributed by atoms with E-state index in [1.54, 1.807) is 0 Å². The van der Waals surface area contributed by atoms with E-state index < -0.39 is 6.17 Å². The van der Waals surface area contributed by atoms with E-state index in [2.05, 4.69) is 37.4 Å². The lowest BCUT2D eigenvalue weighted by Gasteiger charge is -2.33. The summed E-state index contributed by atoms with van der Waals surface area (Å²) in [5.74, 6) is 1.98. The van der Waals surface area contributed by atoms with Crippen LogP contribution in [0.5, 0.6) is 0 Å². The molecular formula is C23H29FN6O2. The first-order chi connectivity index (χ1) is 15.5. The molecule has 4 heterocycles. The third-order valence-electron chi connectivity index (χ3n) is 6.46. The molecule has 5 rings (SSSR count). The number of anilines is 1. The van der Waals surface area contributed by atoms with Crippen molar-refractivity contribution < 1.29 is 14.2 Å². The summed E-state index contributed by atoms with van der Waals surface area (Å²) >= 11 is 0. The maximum atomic E-state index is 14.7. The molecular weight excluding hydrogens is 411 g/mol. The third kappa shape index (κ3) is 3.96. The van der Waals surface area contributed by atoms with Crippen LogP contribution in [-0.4, -0.2) is 76.5 Å². The molecule has 2 aliphatic heterocycles. The zero-order chi connectivity index (χ0) is 22.2. The summed E-state index contributed by atoms with van der Waals surface area (Å²) in [4.78, 5) is 11.4. The fraction of sp³-hybridized carbons (Fsp3) is 0.522. The smallest absolute Gasteiger partial charge is 0.159 e. The first-order valence-corrected chi connectivity index (χ1v) is 11.2. The third-order valence-corrected chi connectivity index (χ3v) is 6.46. The maximum Gasteiger partial charge on any atom is 0.159 e. The van der Waals surface area contributed by atoms with Gasteiger partial charge in [0.25, 0.3) is 0 Å². The second-order valence-corrected chi connectivity index (χ2v) is 8.69. The Bertz CT molecular complexity index is 1120. The van der Waals surface area contributed by atoms with Gasteiger partial charge in [-0.3, -0.25) is 0 Å². The number of ether oxygens (including phenoxy) is 1. The second kappa shape index (κ2) is 8.73. The average Bonchev–Trinajstić information content (AvgIpc) is 3.21. The Morgan fingerprint density at radius 1 is 1.22 bits per heavy atom. The van der Waals surface area contributed by atoms with Crippen LogP contribution >= 0.6 is 0 Å². The molecule has 32 heavy (non-hydrogen) atoms. The van der Waals surface area contributed by atoms with E-state index in [4.69, 9.17) is 4.74 Å². The van der Waals surface area contributed by atoms with E-state index in [1.807, 2.05) is 30.8 Å². The van der Waals surface area contributed by atoms with Gasteiger partial charge in [-0.05, 0) is 50.1 Å². The summed E-state index contributed by atoms with van der Waals surface area (Å²) < 4.78 is 22.1. The van der Waals surface area contributed by atoms with Crippen LogP contribution in [0.2, 0.25) is 0 Å². The van der Waals surface area contributed by atoms with Gasteiger partial charge in [-0.1, -0.05) is 0 Å². The molecule has 2 aromatic heterocycles. The van der Waals surface area contributed by atoms with Crippen molar-refractivity contribution in [2.75, 3.05) is 44.3 Å². The Labute approximate surface area is 186 Å². The Hall–Kier alpha value is -2.62. The van der Waals surface area contributed by atoms with Crippen molar-refractivity contribution in [1.82, 2.24) is 25.1 Å². The predicted molar refractivity (Wildman–Crippen MR) is 120 cm³/mol. The van der Waals surface area contributed by atoms with Crippen LogP contribution < -0.4 is 10.2 Å². The monoisotopic (exact) mass is 440 g/mol. The minimum atomic E-state index is -0.898. The van der Waals surface area contributed by atoms with Crippen LogP contribution in [0.15, 0.2) is 24.4 Å². The Kier molecular flexibility index (Phi) is 5.79. The molecule has 0 amide bonds. The van der Waals surface area contributed by atoms with E-state index in [0.717, 1.165) is 40.8 Å². The molecule has 2 N–H and O–H groups in total. The SMILES string of the molecule is Cc1nc(N2CCO[C@@H](CO)C2)cc(-n2ncc3cc(C)c([C@H]4CCNC[C@H]4F)cc32)n1. The van der Waals surface area contributed by atoms with Crippen molar-refractivity contribution in [2.45, 2.75) is 38.5 Å². The van der Waals surface area contributed by atoms with Gasteiger partial charge in [0.05, 0.1) is 31.0 Å². The van der Waals surface area contributed by atoms with Crippen LogP contribution in [0.25, 0.3) is 16.7 Å². The number of aryl methyl sites for hydroxylation is 2. The lowest BCUT2D eigenvalue weighted by atomic mass is 9.85. The number of fused-ring (bicyclic) bond motifs is 1. The molecule has 1 aromatic carbocycles. The number of alkyl halides is 1. The van der Waals surface area contributed by atoms with E-state index in [1.165, 1.54) is 0 Å². The van der Waals surface area contributed by atoms with E-state index in [0.29, 0.717) is 37.9 Å². The quantitative estimate of drug-likeness (QED) is 0.642. The van der Waals surface area contributed by atoms with Crippen molar-refractivity contribution in [2.24, 2.45) is 0 Å². The molecule has 9 heteroatoms. The molecule has 2 aliphatic rings. The van der Waals surface area contributed by atoms with Gasteiger partial charge in [0.2, 0.25) is 0 Å². The Morgan fingerprint density at radius 2 is 2.06 bits per heavy atom. The molecule has 3 atom stereocenters. The van der Waals surface area contributed by atoms with Gasteiger partial charge in [-0.2, -0.15) is 5.10 Å². The number of nitrogens with zero attached hydrogens (tertiary/aromatic N) is 5. The highest BCUT2D eigenvalue weighted by Crippen LogP contribution is 2.33. The lowest BCUT2D eigenvalue weighted by Crippen LogP contribution is -2.44. The average molecular weight is 441 g/mol. The summed E-state index contributed by atoms with van der Waals surface area (Å²) in [6.45, 7) is 6.91. The van der Waals surface area contributed by atoms with Gasteiger partial charge in [0.1, 0.15) is 17.8 Å². The first-order valence-electron chi connectivity index (χ1n) is 11.2. The number of piperidine rings is 1. The molecule has 0 radical (unpaired) electrons. The lowest BCUT2D eigenvalue weighted by molar-refractivity contribution is 0.00335. The molecule has 170 valence electrons. The van der Waals surface area contributed by atoms with Crippen LogP contribution in [-0.2, 0) is 4.74 Å². The molecule has 8 nitrogen and oxygen atoms in total. The normalized spacial score (nSPS) is 24.2. The van der Waals surface area contributed by atoms with Crippen LogP contribution in [0.1, 0.15) is 29.3 Å². The number of aliphatic hydroxyl groups excluding tert-OH is 1. The molecule has 2 saturated heterocycles. The molecule has 0 unspecified atom stereocenters. The molecule has 3 aromatic rings. The highest BCUT2D eigenvalue weighted by atomic mass is 19.1. The minimum Gasteiger partial charge on any atom is -0.394 e. The van der Waals surface area contributed by atoms with Crippen molar-refractivity contribution >= 4 is 16.7 Å². The zero-order valence-electron chi connectivity index (χ0n) is 18.5. The van der Waals surface area contributed by atoms with Gasteiger partial charge in [-0.25, -0.2) is 19.0 Å². The summed E-state index contributed by atoms with van der Waals surface area (Å²) in [5.41, 5.74) is 3.04. The van der Waals surface area contributed by atoms with Gasteiger partial charge in [0, 0.05) is 37.0 Å². The van der Waals surface area contributed by atoms with E-state index >= 15 is 0 Å². The van der Waals surface area contributed by atoms with Crippen LogP contribution in [0, 0.1) is 13.8 Å². The summed E-state index contributed by atoms with van der Waals surface area (Å²) in [7, 11) is 0. The highest BCUT2D eigenvalue weighted by Gasteiger charge is 2.28. The molecule has 0 saturated carbocycles. The van der Waals surface area contributed by atoms with E-state index in [-0.39, 0.29) is 18.6 Å². The van der Waals surface area contributed by atoms with Gasteiger partial charge < -0.3 is 20.1 Å². The second-order valence-electron chi connectivity index (χ2n) is 8.69. The van der Waals surface area contributed by atoms with E-state index in [9.17, 15) is 9.50 Å². The fourth-order valence-corrected chi connectivity index (χ4v) is 4.80. The summed E-state index contributed by atoms with van der Waals surface area (Å²) in [5, 5.41) is 18.2. The van der Waals surface area contributed by atoms with Crippen LogP contribution in [0.4, 0.5) is 10.2 Å². The summed E-state index contributed by atoms with van der Waals surface area (Å²) in [6.07, 6.45) is 1.48. The fourth-order valence-electron chi connectivity index (χ4n) is 4.80.